The van der Waals surface area contributed by atoms with Gasteiger partial charge in [-0.15, -0.1) is 0 Å². The average molecular weight is 190 g/mol. The van der Waals surface area contributed by atoms with Gasteiger partial charge in [-0.2, -0.15) is 0 Å². The number of hydrogen-bond donors (Lipinski definition) is 0. The third kappa shape index (κ3) is 3.23. The lowest BCUT2D eigenvalue weighted by Gasteiger charge is -2.26. The highest BCUT2D eigenvalue weighted by Gasteiger charge is 2.37. The molecule has 0 saturated carbocycles. The van der Waals surface area contributed by atoms with Gasteiger partial charge in [0, 0.05) is 13.2 Å². The molecule has 0 N–H and O–H groups in total. The van der Waals surface area contributed by atoms with Gasteiger partial charge in [-0.3, -0.25) is 0 Å². The molecule has 1 heterocycles. The topological polar surface area (TPSA) is 36.9 Å². The van der Waals surface area contributed by atoms with Crippen molar-refractivity contribution in [1.29, 1.82) is 0 Å². The van der Waals surface area contributed by atoms with E-state index in [4.69, 9.17) is 18.9 Å². The third-order valence-corrected chi connectivity index (χ3v) is 1.87. The first-order valence-electron chi connectivity index (χ1n) is 4.76. The lowest BCUT2D eigenvalue weighted by molar-refractivity contribution is -0.221. The molecule has 13 heavy (non-hydrogen) atoms. The van der Waals surface area contributed by atoms with Crippen LogP contribution in [0.25, 0.3) is 0 Å². The molecule has 1 aliphatic rings. The van der Waals surface area contributed by atoms with Crippen LogP contribution in [0.4, 0.5) is 0 Å². The molecule has 0 radical (unpaired) electrons. The molecule has 4 heteroatoms. The van der Waals surface area contributed by atoms with Gasteiger partial charge < -0.3 is 18.9 Å². The molecule has 0 aromatic heterocycles. The van der Waals surface area contributed by atoms with Crippen LogP contribution in [-0.2, 0) is 18.9 Å². The SMILES string of the molecule is CCOCC1(COCC)OCCO1. The summed E-state index contributed by atoms with van der Waals surface area (Å²) in [6.45, 7) is 7.38. The monoisotopic (exact) mass is 190 g/mol. The molecule has 0 aromatic carbocycles. The average Bonchev–Trinajstić information content (AvgIpc) is 2.61. The maximum atomic E-state index is 5.47. The standard InChI is InChI=1S/C9H18O4/c1-3-10-7-9(8-11-4-2)12-5-6-13-9/h3-8H2,1-2H3. The van der Waals surface area contributed by atoms with E-state index in [-0.39, 0.29) is 0 Å². The lowest BCUT2D eigenvalue weighted by atomic mass is 10.3. The van der Waals surface area contributed by atoms with Crippen LogP contribution in [0.3, 0.4) is 0 Å². The van der Waals surface area contributed by atoms with Crippen molar-refractivity contribution in [3.63, 3.8) is 0 Å². The van der Waals surface area contributed by atoms with E-state index >= 15 is 0 Å². The molecule has 4 nitrogen and oxygen atoms in total. The van der Waals surface area contributed by atoms with Gasteiger partial charge in [0.25, 0.3) is 0 Å². The summed E-state index contributed by atoms with van der Waals surface area (Å²) in [5.41, 5.74) is 0. The minimum Gasteiger partial charge on any atom is -0.376 e. The van der Waals surface area contributed by atoms with Gasteiger partial charge in [-0.1, -0.05) is 0 Å². The number of ether oxygens (including phenoxy) is 4. The Labute approximate surface area is 79.1 Å². The summed E-state index contributed by atoms with van der Waals surface area (Å²) in [5, 5.41) is 0. The Balaban J connectivity index is 2.33. The van der Waals surface area contributed by atoms with Gasteiger partial charge >= 0.3 is 0 Å². The van der Waals surface area contributed by atoms with E-state index in [9.17, 15) is 0 Å². The summed E-state index contributed by atoms with van der Waals surface area (Å²) in [5.74, 6) is -0.647. The fourth-order valence-corrected chi connectivity index (χ4v) is 1.22. The zero-order chi connectivity index (χ0) is 9.57. The summed E-state index contributed by atoms with van der Waals surface area (Å²) in [6.07, 6.45) is 0. The molecule has 0 bridgehead atoms. The van der Waals surface area contributed by atoms with E-state index in [1.807, 2.05) is 13.8 Å². The van der Waals surface area contributed by atoms with E-state index in [1.165, 1.54) is 0 Å². The Morgan fingerprint density at radius 2 is 1.46 bits per heavy atom. The van der Waals surface area contributed by atoms with Gasteiger partial charge in [-0.25, -0.2) is 0 Å². The molecule has 0 atom stereocenters. The highest BCUT2D eigenvalue weighted by atomic mass is 16.8. The number of rotatable bonds is 6. The van der Waals surface area contributed by atoms with Gasteiger partial charge in [-0.05, 0) is 13.8 Å². The Morgan fingerprint density at radius 1 is 1.00 bits per heavy atom. The van der Waals surface area contributed by atoms with Crippen molar-refractivity contribution in [3.8, 4) is 0 Å². The fourth-order valence-electron chi connectivity index (χ4n) is 1.22. The Hall–Kier alpha value is -0.160. The molecule has 0 spiro atoms. The Morgan fingerprint density at radius 3 is 1.85 bits per heavy atom. The predicted molar refractivity (Wildman–Crippen MR) is 47.6 cm³/mol. The first kappa shape index (κ1) is 10.9. The molecular weight excluding hydrogens is 172 g/mol. The van der Waals surface area contributed by atoms with E-state index < -0.39 is 5.79 Å². The zero-order valence-electron chi connectivity index (χ0n) is 8.38. The molecule has 78 valence electrons. The quantitative estimate of drug-likeness (QED) is 0.621. The second kappa shape index (κ2) is 5.54. The predicted octanol–water partition coefficient (Wildman–Crippen LogP) is 0.802. The highest BCUT2D eigenvalue weighted by molar-refractivity contribution is 4.73. The molecule has 0 aliphatic carbocycles. The van der Waals surface area contributed by atoms with E-state index in [2.05, 4.69) is 0 Å². The van der Waals surface area contributed by atoms with Crippen LogP contribution in [0.1, 0.15) is 13.8 Å². The van der Waals surface area contributed by atoms with Crippen molar-refractivity contribution < 1.29 is 18.9 Å². The molecular formula is C9H18O4. The van der Waals surface area contributed by atoms with Crippen molar-refractivity contribution >= 4 is 0 Å². The molecule has 1 fully saturated rings. The van der Waals surface area contributed by atoms with E-state index in [1.54, 1.807) is 0 Å². The Kier molecular flexibility index (Phi) is 4.66. The fraction of sp³-hybridized carbons (Fsp3) is 1.00. The molecule has 0 amide bonds. The van der Waals surface area contributed by atoms with Crippen LogP contribution >= 0.6 is 0 Å². The van der Waals surface area contributed by atoms with Crippen molar-refractivity contribution in [1.82, 2.24) is 0 Å². The van der Waals surface area contributed by atoms with Crippen molar-refractivity contribution in [3.05, 3.63) is 0 Å². The first-order valence-corrected chi connectivity index (χ1v) is 4.76. The van der Waals surface area contributed by atoms with Crippen LogP contribution in [0.5, 0.6) is 0 Å². The second-order valence-electron chi connectivity index (χ2n) is 2.88. The summed E-state index contributed by atoms with van der Waals surface area (Å²) in [4.78, 5) is 0. The van der Waals surface area contributed by atoms with Crippen LogP contribution < -0.4 is 0 Å². The minimum atomic E-state index is -0.647. The van der Waals surface area contributed by atoms with Crippen LogP contribution in [0.15, 0.2) is 0 Å². The van der Waals surface area contributed by atoms with Crippen molar-refractivity contribution in [2.24, 2.45) is 0 Å². The van der Waals surface area contributed by atoms with Gasteiger partial charge in [0.15, 0.2) is 0 Å². The van der Waals surface area contributed by atoms with Gasteiger partial charge in [0.05, 0.1) is 13.2 Å². The molecule has 0 aromatic rings. The lowest BCUT2D eigenvalue weighted by Crippen LogP contribution is -2.41. The van der Waals surface area contributed by atoms with E-state index in [0.29, 0.717) is 39.6 Å². The second-order valence-corrected chi connectivity index (χ2v) is 2.88. The summed E-state index contributed by atoms with van der Waals surface area (Å²) < 4.78 is 21.5. The van der Waals surface area contributed by atoms with Crippen LogP contribution in [0, 0.1) is 0 Å². The highest BCUT2D eigenvalue weighted by Crippen LogP contribution is 2.20. The third-order valence-electron chi connectivity index (χ3n) is 1.87. The first-order chi connectivity index (χ1) is 6.33. The summed E-state index contributed by atoms with van der Waals surface area (Å²) in [7, 11) is 0. The maximum Gasteiger partial charge on any atom is 0.216 e. The van der Waals surface area contributed by atoms with Crippen molar-refractivity contribution in [2.75, 3.05) is 39.6 Å². The van der Waals surface area contributed by atoms with Gasteiger partial charge in [0.2, 0.25) is 5.79 Å². The normalized spacial score (nSPS) is 20.8. The van der Waals surface area contributed by atoms with E-state index in [0.717, 1.165) is 0 Å². The smallest absolute Gasteiger partial charge is 0.216 e. The molecule has 1 aliphatic heterocycles. The molecule has 0 unspecified atom stereocenters. The summed E-state index contributed by atoms with van der Waals surface area (Å²) >= 11 is 0. The van der Waals surface area contributed by atoms with Crippen LogP contribution in [-0.4, -0.2) is 45.4 Å². The minimum absolute atomic E-state index is 0.448. The molecule has 1 saturated heterocycles. The zero-order valence-corrected chi connectivity index (χ0v) is 8.38. The van der Waals surface area contributed by atoms with Crippen molar-refractivity contribution in [2.45, 2.75) is 19.6 Å². The molecule has 1 rings (SSSR count). The van der Waals surface area contributed by atoms with Crippen LogP contribution in [0.2, 0.25) is 0 Å². The summed E-state index contributed by atoms with van der Waals surface area (Å²) in [6, 6.07) is 0. The number of hydrogen-bond acceptors (Lipinski definition) is 4. The Bertz CT molecular complexity index is 122. The maximum absolute atomic E-state index is 5.47. The largest absolute Gasteiger partial charge is 0.376 e. The van der Waals surface area contributed by atoms with Gasteiger partial charge in [0.1, 0.15) is 13.2 Å².